The molecule has 0 aromatic heterocycles. The van der Waals surface area contributed by atoms with Crippen LogP contribution in [-0.2, 0) is 35.0 Å². The van der Waals surface area contributed by atoms with Crippen molar-refractivity contribution in [2.75, 3.05) is 27.2 Å². The third-order valence-electron chi connectivity index (χ3n) is 11.6. The summed E-state index contributed by atoms with van der Waals surface area (Å²) in [6.45, 7) is 3.18. The van der Waals surface area contributed by atoms with Crippen molar-refractivity contribution >= 4 is 18.0 Å². The molecule has 2 aromatic carbocycles. The molecule has 2 bridgehead atoms. The van der Waals surface area contributed by atoms with E-state index < -0.39 is 35.8 Å². The van der Waals surface area contributed by atoms with Gasteiger partial charge >= 0.3 is 12.3 Å². The van der Waals surface area contributed by atoms with Gasteiger partial charge in [0.2, 0.25) is 0 Å². The van der Waals surface area contributed by atoms with E-state index in [0.717, 1.165) is 66.9 Å². The first-order chi connectivity index (χ1) is 23.4. The summed E-state index contributed by atoms with van der Waals surface area (Å²) in [5, 5.41) is 2.71. The van der Waals surface area contributed by atoms with Gasteiger partial charge in [0, 0.05) is 56.3 Å². The van der Waals surface area contributed by atoms with Crippen LogP contribution in [0.15, 0.2) is 89.4 Å². The molecule has 7 atom stereocenters. The summed E-state index contributed by atoms with van der Waals surface area (Å²) in [6, 6.07) is 18.8. The number of likely N-dealkylation sites (tertiary alicyclic amines) is 1. The fraction of sp³-hybridized carbons (Fsp3) is 0.474. The van der Waals surface area contributed by atoms with Crippen molar-refractivity contribution in [3.63, 3.8) is 0 Å². The molecule has 49 heavy (non-hydrogen) atoms. The quantitative estimate of drug-likeness (QED) is 0.112. The van der Waals surface area contributed by atoms with Gasteiger partial charge in [-0.05, 0) is 35.6 Å². The van der Waals surface area contributed by atoms with Gasteiger partial charge in [-0.15, -0.1) is 13.2 Å². The summed E-state index contributed by atoms with van der Waals surface area (Å²) in [6.07, 6.45) is 1.57. The van der Waals surface area contributed by atoms with E-state index in [1.807, 2.05) is 6.07 Å². The Hall–Kier alpha value is -3.93. The molecule has 8 nitrogen and oxygen atoms in total. The molecule has 7 rings (SSSR count). The zero-order valence-electron chi connectivity index (χ0n) is 27.9. The number of hydrogen-bond donors (Lipinski definition) is 1. The summed E-state index contributed by atoms with van der Waals surface area (Å²) in [7, 11) is 3.70. The highest BCUT2D eigenvalue weighted by Gasteiger charge is 2.72. The van der Waals surface area contributed by atoms with Crippen LogP contribution < -0.4 is 5.32 Å². The molecule has 0 radical (unpaired) electrons. The monoisotopic (exact) mass is 679 g/mol. The normalized spacial score (nSPS) is 33.3. The zero-order chi connectivity index (χ0) is 34.6. The highest BCUT2D eigenvalue weighted by molar-refractivity contribution is 5.96. The van der Waals surface area contributed by atoms with Crippen molar-refractivity contribution in [3.05, 3.63) is 101 Å². The molecular formula is C38H42F3N2O6+. The minimum Gasteiger partial charge on any atom is -0.427 e. The Balaban J connectivity index is 1.29. The first kappa shape index (κ1) is 33.6. The molecule has 5 aliphatic rings. The van der Waals surface area contributed by atoms with Crippen molar-refractivity contribution in [1.29, 1.82) is 0 Å². The summed E-state index contributed by atoms with van der Waals surface area (Å²) >= 11 is 0. The van der Waals surface area contributed by atoms with E-state index in [1.165, 1.54) is 25.7 Å². The molecule has 2 aromatic rings. The number of methoxy groups -OCH3 is 1. The van der Waals surface area contributed by atoms with E-state index in [-0.39, 0.29) is 29.2 Å². The second kappa shape index (κ2) is 12.4. The number of halogens is 3. The number of likely N-dealkylation sites (N-methyl/N-ethyl adjacent to an activating group) is 1. The number of alkyl halides is 3. The van der Waals surface area contributed by atoms with Crippen LogP contribution in [0.2, 0.25) is 0 Å². The number of carbonyl (C=O) groups is 2. The van der Waals surface area contributed by atoms with E-state index >= 15 is 0 Å². The van der Waals surface area contributed by atoms with Gasteiger partial charge in [0.15, 0.2) is 11.5 Å². The average Bonchev–Trinajstić information content (AvgIpc) is 3.41. The van der Waals surface area contributed by atoms with Crippen molar-refractivity contribution in [3.8, 4) is 0 Å². The van der Waals surface area contributed by atoms with E-state index in [0.29, 0.717) is 12.0 Å². The fourth-order valence-corrected chi connectivity index (χ4v) is 9.48. The second-order valence-electron chi connectivity index (χ2n) is 14.2. The number of esters is 1. The third-order valence-corrected chi connectivity index (χ3v) is 11.6. The molecule has 1 saturated carbocycles. The number of rotatable bonds is 9. The topological polar surface area (TPSA) is 83.1 Å². The van der Waals surface area contributed by atoms with E-state index in [1.54, 1.807) is 30.3 Å². The van der Waals surface area contributed by atoms with Gasteiger partial charge in [0.25, 0.3) is 5.91 Å². The molecule has 260 valence electrons. The first-order valence-corrected chi connectivity index (χ1v) is 17.0. The minimum absolute atomic E-state index is 0.186. The summed E-state index contributed by atoms with van der Waals surface area (Å²) < 4.78 is 64.9. The minimum atomic E-state index is -5.13. The maximum Gasteiger partial charge on any atom is 0.573 e. The van der Waals surface area contributed by atoms with Crippen molar-refractivity contribution < 1.29 is 46.2 Å². The highest BCUT2D eigenvalue weighted by atomic mass is 19.4. The third kappa shape index (κ3) is 5.89. The van der Waals surface area contributed by atoms with E-state index in [2.05, 4.69) is 41.4 Å². The van der Waals surface area contributed by atoms with Gasteiger partial charge in [0.1, 0.15) is 11.9 Å². The lowest BCUT2D eigenvalue weighted by molar-refractivity contribution is -0.945. The summed E-state index contributed by atoms with van der Waals surface area (Å²) in [5.41, 5.74) is 1.29. The summed E-state index contributed by atoms with van der Waals surface area (Å²) in [5.74, 6) is -2.14. The van der Waals surface area contributed by atoms with Crippen molar-refractivity contribution in [2.24, 2.45) is 11.3 Å². The number of benzene rings is 2. The maximum atomic E-state index is 13.8. The number of amides is 1. The second-order valence-corrected chi connectivity index (χ2v) is 14.2. The lowest BCUT2D eigenvalue weighted by Crippen LogP contribution is -2.69. The van der Waals surface area contributed by atoms with E-state index in [4.69, 9.17) is 14.2 Å². The number of allylic oxidation sites excluding steroid dienone is 1. The number of ether oxygens (including phenoxy) is 4. The van der Waals surface area contributed by atoms with Crippen LogP contribution >= 0.6 is 0 Å². The number of piperidine rings is 1. The molecule has 3 unspecified atom stereocenters. The first-order valence-electron chi connectivity index (χ1n) is 17.0. The van der Waals surface area contributed by atoms with Crippen LogP contribution in [0.3, 0.4) is 0 Å². The van der Waals surface area contributed by atoms with Crippen LogP contribution in [-0.4, -0.2) is 73.9 Å². The predicted molar refractivity (Wildman–Crippen MR) is 174 cm³/mol. The Morgan fingerprint density at radius 1 is 1.08 bits per heavy atom. The Kier molecular flexibility index (Phi) is 8.52. The van der Waals surface area contributed by atoms with Gasteiger partial charge in [-0.25, -0.2) is 0 Å². The van der Waals surface area contributed by atoms with Gasteiger partial charge < -0.3 is 28.7 Å². The van der Waals surface area contributed by atoms with Crippen LogP contribution in [0.1, 0.15) is 50.2 Å². The molecule has 2 aliphatic heterocycles. The van der Waals surface area contributed by atoms with Crippen LogP contribution in [0, 0.1) is 11.3 Å². The number of quaternary nitrogens is 1. The molecule has 1 N–H and O–H groups in total. The van der Waals surface area contributed by atoms with Gasteiger partial charge in [0.05, 0.1) is 32.3 Å². The summed E-state index contributed by atoms with van der Waals surface area (Å²) in [4.78, 5) is 26.4. The molecular weight excluding hydrogens is 637 g/mol. The maximum absolute atomic E-state index is 13.8. The zero-order valence-corrected chi connectivity index (χ0v) is 27.9. The molecule has 3 fully saturated rings. The molecule has 11 heteroatoms. The Morgan fingerprint density at radius 3 is 2.47 bits per heavy atom. The number of nitrogens with zero attached hydrogens (tertiary/aromatic N) is 1. The fourth-order valence-electron chi connectivity index (χ4n) is 9.48. The Labute approximate surface area is 284 Å². The standard InChI is InChI=1S/C38H41F3N2O6/c1-24(44)47-31-23-37(46-3,42-35(45)30(49-38(39,40)41)21-26-13-8-5-9-14-26)34-33-27(31)22-29-28-15-10-16-32(48-34)36(28,33)18-20-43(29,2)19-17-25-11-6-4-7-12-25/h4-9,11-14,21,23,28-29,32,34H,10,15-20,22H2,1-3H3/p+1/t28-,29+,32-,34?,36+,37?,43?/m0/s1. The molecule has 2 heterocycles. The largest absolute Gasteiger partial charge is 0.573 e. The lowest BCUT2D eigenvalue weighted by Gasteiger charge is -2.62. The predicted octanol–water partition coefficient (Wildman–Crippen LogP) is 6.20. The van der Waals surface area contributed by atoms with Crippen LogP contribution in [0.25, 0.3) is 6.08 Å². The van der Waals surface area contributed by atoms with Gasteiger partial charge in [-0.1, -0.05) is 67.1 Å². The van der Waals surface area contributed by atoms with Crippen molar-refractivity contribution in [1.82, 2.24) is 5.32 Å². The van der Waals surface area contributed by atoms with Crippen LogP contribution in [0.4, 0.5) is 13.2 Å². The van der Waals surface area contributed by atoms with Gasteiger partial charge in [-0.3, -0.25) is 9.59 Å². The van der Waals surface area contributed by atoms with Crippen LogP contribution in [0.5, 0.6) is 0 Å². The SMILES string of the molecule is COC1(NC(=O)C(=Cc2ccccc2)OC(F)(F)F)C=C(OC(C)=O)C2=C3C1O[C@H]1CCC[C@H]4[C@@H](C2)[N+](C)(CCc2ccccc2)CC[C@]314. The van der Waals surface area contributed by atoms with Crippen molar-refractivity contribution in [2.45, 2.75) is 75.8 Å². The van der Waals surface area contributed by atoms with E-state index in [9.17, 15) is 22.8 Å². The molecule has 1 spiro atoms. The average molecular weight is 680 g/mol. The number of carbonyl (C=O) groups excluding carboxylic acids is 2. The molecule has 3 aliphatic carbocycles. The smallest absolute Gasteiger partial charge is 0.427 e. The Morgan fingerprint density at radius 2 is 1.80 bits per heavy atom. The Bertz CT molecular complexity index is 1710. The van der Waals surface area contributed by atoms with Gasteiger partial charge in [-0.2, -0.15) is 0 Å². The number of hydrogen-bond acceptors (Lipinski definition) is 6. The highest BCUT2D eigenvalue weighted by Crippen LogP contribution is 2.68. The molecule has 1 amide bonds. The molecule has 2 saturated heterocycles. The number of nitrogens with one attached hydrogen (secondary N) is 1. The lowest BCUT2D eigenvalue weighted by atomic mass is 9.50.